The Bertz CT molecular complexity index is 1420. The monoisotopic (exact) mass is 689 g/mol. The molecular weight excluding hydrogens is 651 g/mol. The van der Waals surface area contributed by atoms with Crippen LogP contribution in [-0.4, -0.2) is 8.32 Å². The summed E-state index contributed by atoms with van der Waals surface area (Å²) in [5.74, 6) is 0. The van der Waals surface area contributed by atoms with Gasteiger partial charge in [0.05, 0.1) is 0 Å². The van der Waals surface area contributed by atoms with E-state index < -0.39 is 29.2 Å². The van der Waals surface area contributed by atoms with Gasteiger partial charge in [-0.3, -0.25) is 0 Å². The molecule has 4 aromatic rings. The van der Waals surface area contributed by atoms with Crippen LogP contribution in [0.5, 0.6) is 0 Å². The number of rotatable bonds is 10. The fourth-order valence-electron chi connectivity index (χ4n) is 7.35. The first-order valence-electron chi connectivity index (χ1n) is 15.3. The van der Waals surface area contributed by atoms with Crippen molar-refractivity contribution in [3.63, 3.8) is 0 Å². The van der Waals surface area contributed by atoms with Crippen LogP contribution in [0.3, 0.4) is 0 Å². The third-order valence-electron chi connectivity index (χ3n) is 9.92. The molecule has 4 aromatic carbocycles. The third kappa shape index (κ3) is 6.07. The number of halogens is 2. The van der Waals surface area contributed by atoms with E-state index >= 15 is 0 Å². The molecule has 2 aliphatic carbocycles. The molecule has 0 radical (unpaired) electrons. The molecule has 6 rings (SSSR count). The van der Waals surface area contributed by atoms with E-state index in [9.17, 15) is 0 Å². The van der Waals surface area contributed by atoms with E-state index in [2.05, 4.69) is 119 Å². The van der Waals surface area contributed by atoms with Crippen molar-refractivity contribution in [3.8, 4) is 22.3 Å². The van der Waals surface area contributed by atoms with Gasteiger partial charge >= 0.3 is 37.9 Å². The van der Waals surface area contributed by atoms with Crippen molar-refractivity contribution >= 4 is 25.3 Å². The van der Waals surface area contributed by atoms with E-state index in [1.807, 2.05) is 0 Å². The Morgan fingerprint density at radius 3 is 1.57 bits per heavy atom. The predicted molar refractivity (Wildman–Crippen MR) is 179 cm³/mol. The van der Waals surface area contributed by atoms with Crippen LogP contribution in [0.25, 0.3) is 22.3 Å². The maximum absolute atomic E-state index is 6.64. The summed E-state index contributed by atoms with van der Waals surface area (Å²) in [7, 11) is 8.22. The third-order valence-corrected chi connectivity index (χ3v) is 14.5. The van der Waals surface area contributed by atoms with E-state index in [4.69, 9.17) is 21.5 Å². The van der Waals surface area contributed by atoms with E-state index in [1.54, 1.807) is 0 Å². The average molecular weight is 692 g/mol. The molecule has 0 atom stereocenters. The van der Waals surface area contributed by atoms with Gasteiger partial charge in [0.1, 0.15) is 0 Å². The number of benzene rings is 4. The molecule has 0 unspecified atom stereocenters. The van der Waals surface area contributed by atoms with Crippen molar-refractivity contribution in [1.29, 1.82) is 0 Å². The molecule has 0 saturated heterocycles. The molecule has 0 aromatic heterocycles. The Kier molecular flexibility index (Phi) is 10.7. The Balaban J connectivity index is 0.00000113. The van der Waals surface area contributed by atoms with Gasteiger partial charge < -0.3 is 4.43 Å². The SMILES string of the molecule is CC[Si](CC)(CC)O[CH-]CCC(C)(c1cccc2c1Cc1ccccc1-2)c1cccc2c1Cc1ccccc1-2.[Cl][Zr][Cl]. The second-order valence-corrected chi connectivity index (χ2v) is 20.3. The Morgan fingerprint density at radius 2 is 1.12 bits per heavy atom. The fraction of sp³-hybridized carbons (Fsp3) is 0.324. The van der Waals surface area contributed by atoms with Gasteiger partial charge in [-0.1, -0.05) is 119 Å². The zero-order valence-corrected chi connectivity index (χ0v) is 30.2. The molecule has 42 heavy (non-hydrogen) atoms. The first-order chi connectivity index (χ1) is 20.4. The number of fused-ring (bicyclic) bond motifs is 6. The van der Waals surface area contributed by atoms with Gasteiger partial charge in [0.15, 0.2) is 8.32 Å². The number of hydrogen-bond donors (Lipinski definition) is 0. The van der Waals surface area contributed by atoms with Gasteiger partial charge in [0.2, 0.25) is 0 Å². The molecule has 1 nitrogen and oxygen atoms in total. The van der Waals surface area contributed by atoms with E-state index in [0.717, 1.165) is 25.7 Å². The van der Waals surface area contributed by atoms with Crippen molar-refractivity contribution in [2.24, 2.45) is 0 Å². The Labute approximate surface area is 272 Å². The summed E-state index contributed by atoms with van der Waals surface area (Å²) >= 11 is -0.826. The summed E-state index contributed by atoms with van der Waals surface area (Å²) in [5.41, 5.74) is 14.4. The fourth-order valence-corrected chi connectivity index (χ4v) is 9.82. The topological polar surface area (TPSA) is 9.23 Å². The molecule has 5 heteroatoms. The molecular formula is C37H41Cl2OSiZr-. The van der Waals surface area contributed by atoms with E-state index in [1.165, 1.54) is 73.8 Å². The van der Waals surface area contributed by atoms with Crippen LogP contribution in [0, 0.1) is 6.61 Å². The van der Waals surface area contributed by atoms with Crippen molar-refractivity contribution in [2.45, 2.75) is 76.9 Å². The minimum atomic E-state index is -1.65. The molecule has 0 saturated carbocycles. The van der Waals surface area contributed by atoms with Crippen molar-refractivity contribution in [3.05, 3.63) is 125 Å². The zero-order valence-electron chi connectivity index (χ0n) is 25.3. The molecule has 0 heterocycles. The predicted octanol–water partition coefficient (Wildman–Crippen LogP) is 11.5. The van der Waals surface area contributed by atoms with E-state index in [-0.39, 0.29) is 5.41 Å². The standard InChI is InChI=1S/C37H41OSi.2ClH.Zr/c1-5-39(6-2,7-3)38-24-14-23-37(4,35-21-12-19-31-29-17-10-8-15-27(29)25-33(31)35)36-22-13-20-32-30-18-11-9-16-28(30)26-34(32)36;;;/h8-13,15-22,24H,5-7,14,23,25-26H2,1-4H3;2*1H;/q-1;;;+2/p-2. The van der Waals surface area contributed by atoms with Crippen LogP contribution in [-0.2, 0) is 43.5 Å². The summed E-state index contributed by atoms with van der Waals surface area (Å²) in [5, 5.41) is 0. The van der Waals surface area contributed by atoms with Gasteiger partial charge in [0.25, 0.3) is 0 Å². The second kappa shape index (κ2) is 14.1. The molecule has 218 valence electrons. The quantitative estimate of drug-likeness (QED) is 0.0789. The van der Waals surface area contributed by atoms with Crippen LogP contribution >= 0.6 is 17.0 Å². The van der Waals surface area contributed by atoms with Gasteiger partial charge in [-0.2, -0.15) is 6.42 Å². The van der Waals surface area contributed by atoms with Crippen LogP contribution < -0.4 is 0 Å². The summed E-state index contributed by atoms with van der Waals surface area (Å²) < 4.78 is 6.64. The Hall–Kier alpha value is -1.48. The van der Waals surface area contributed by atoms with Crippen molar-refractivity contribution in [2.75, 3.05) is 0 Å². The molecule has 0 spiro atoms. The van der Waals surface area contributed by atoms with Crippen LogP contribution in [0.2, 0.25) is 18.1 Å². The Morgan fingerprint density at radius 1 is 0.690 bits per heavy atom. The van der Waals surface area contributed by atoms with Gasteiger partial charge in [-0.25, -0.2) is 6.61 Å². The average Bonchev–Trinajstić information content (AvgIpc) is 3.60. The van der Waals surface area contributed by atoms with Crippen LogP contribution in [0.1, 0.15) is 73.9 Å². The molecule has 2 aliphatic rings. The normalized spacial score (nSPS) is 13.0. The van der Waals surface area contributed by atoms with E-state index in [0.29, 0.717) is 0 Å². The van der Waals surface area contributed by atoms with Gasteiger partial charge in [0, 0.05) is 5.41 Å². The first-order valence-corrected chi connectivity index (χ1v) is 24.2. The van der Waals surface area contributed by atoms with Crippen molar-refractivity contribution < 1.29 is 25.3 Å². The summed E-state index contributed by atoms with van der Waals surface area (Å²) in [6, 6.07) is 35.5. The van der Waals surface area contributed by atoms with Crippen molar-refractivity contribution in [1.82, 2.24) is 0 Å². The zero-order chi connectivity index (χ0) is 29.7. The molecule has 0 bridgehead atoms. The summed E-state index contributed by atoms with van der Waals surface area (Å²) in [4.78, 5) is 0. The minimum absolute atomic E-state index is 0.116. The number of hydrogen-bond acceptors (Lipinski definition) is 1. The van der Waals surface area contributed by atoms with Gasteiger partial charge in [-0.15, -0.1) is 0 Å². The summed E-state index contributed by atoms with van der Waals surface area (Å²) in [6.45, 7) is 11.6. The molecule has 0 fully saturated rings. The summed E-state index contributed by atoms with van der Waals surface area (Å²) in [6.07, 6.45) is 4.03. The molecule has 0 N–H and O–H groups in total. The molecule has 0 aliphatic heterocycles. The maximum atomic E-state index is 6.64. The van der Waals surface area contributed by atoms with Crippen LogP contribution in [0.4, 0.5) is 0 Å². The van der Waals surface area contributed by atoms with Gasteiger partial charge in [-0.05, 0) is 86.6 Å². The van der Waals surface area contributed by atoms with Crippen LogP contribution in [0.15, 0.2) is 84.9 Å². The first kappa shape index (κ1) is 31.9. The second-order valence-electron chi connectivity index (χ2n) is 11.8. The molecule has 0 amide bonds.